The average Bonchev–Trinajstić information content (AvgIpc) is 3.50. The molecule has 6 nitrogen and oxygen atoms in total. The van der Waals surface area contributed by atoms with E-state index in [0.717, 1.165) is 50.1 Å². The summed E-state index contributed by atoms with van der Waals surface area (Å²) in [6, 6.07) is 23.8. The first kappa shape index (κ1) is 23.4. The van der Waals surface area contributed by atoms with Gasteiger partial charge in [0.1, 0.15) is 21.5 Å². The Morgan fingerprint density at radius 3 is 2.46 bits per heavy atom. The van der Waals surface area contributed by atoms with Crippen molar-refractivity contribution in [3.63, 3.8) is 0 Å². The summed E-state index contributed by atoms with van der Waals surface area (Å²) < 4.78 is 0. The lowest BCUT2D eigenvalue weighted by atomic mass is 10.0. The standard InChI is InChI=1S/C26H23N5OS3/c27-24-23(34-26(31-24)29-19-8-10-21(35-28)11-9-19)25-30-22(15-33-25)18-12-17(13-20(32)14-18)7-6-16-4-2-1-3-5-16/h1-5,8-15,32H,6-7,27-28H2,(H,29,31). The lowest BCUT2D eigenvalue weighted by Gasteiger charge is -2.06. The number of nitrogens with zero attached hydrogens (tertiary/aromatic N) is 2. The number of thiazole rings is 2. The maximum Gasteiger partial charge on any atom is 0.189 e. The van der Waals surface area contributed by atoms with E-state index < -0.39 is 0 Å². The number of aromatic hydroxyl groups is 1. The molecule has 6 N–H and O–H groups in total. The number of nitrogens with one attached hydrogen (secondary N) is 1. The minimum absolute atomic E-state index is 0.239. The molecule has 0 unspecified atom stereocenters. The van der Waals surface area contributed by atoms with Crippen molar-refractivity contribution in [2.45, 2.75) is 17.7 Å². The molecule has 2 heterocycles. The number of anilines is 3. The molecule has 0 amide bonds. The minimum Gasteiger partial charge on any atom is -0.508 e. The molecular weight excluding hydrogens is 495 g/mol. The highest BCUT2D eigenvalue weighted by Crippen LogP contribution is 2.39. The highest BCUT2D eigenvalue weighted by atomic mass is 32.2. The maximum absolute atomic E-state index is 10.3. The van der Waals surface area contributed by atoms with Gasteiger partial charge in [-0.1, -0.05) is 41.7 Å². The predicted molar refractivity (Wildman–Crippen MR) is 148 cm³/mol. The molecule has 2 aromatic heterocycles. The maximum atomic E-state index is 10.3. The summed E-state index contributed by atoms with van der Waals surface area (Å²) in [6.07, 6.45) is 1.75. The van der Waals surface area contributed by atoms with Crippen molar-refractivity contribution < 1.29 is 5.11 Å². The number of aromatic nitrogens is 2. The molecule has 5 rings (SSSR count). The third kappa shape index (κ3) is 5.66. The van der Waals surface area contributed by atoms with Crippen molar-refractivity contribution in [2.75, 3.05) is 11.1 Å². The lowest BCUT2D eigenvalue weighted by molar-refractivity contribution is 0.474. The zero-order valence-corrected chi connectivity index (χ0v) is 21.1. The Hall–Kier alpha value is -3.37. The molecule has 0 aliphatic heterocycles. The summed E-state index contributed by atoms with van der Waals surface area (Å²) in [4.78, 5) is 11.1. The Bertz CT molecular complexity index is 1430. The summed E-state index contributed by atoms with van der Waals surface area (Å²) in [5.74, 6) is 0.676. The Balaban J connectivity index is 1.34. The third-order valence-electron chi connectivity index (χ3n) is 5.41. The molecule has 0 aliphatic carbocycles. The Morgan fingerprint density at radius 1 is 0.914 bits per heavy atom. The molecule has 3 aromatic carbocycles. The smallest absolute Gasteiger partial charge is 0.189 e. The lowest BCUT2D eigenvalue weighted by Crippen LogP contribution is -1.92. The molecule has 0 fully saturated rings. The number of rotatable bonds is 8. The normalized spacial score (nSPS) is 11.0. The number of aryl methyl sites for hydroxylation is 2. The summed E-state index contributed by atoms with van der Waals surface area (Å²) in [7, 11) is 0. The van der Waals surface area contributed by atoms with Crippen LogP contribution in [0.25, 0.3) is 21.1 Å². The van der Waals surface area contributed by atoms with Crippen LogP contribution in [0.1, 0.15) is 11.1 Å². The van der Waals surface area contributed by atoms with Crippen molar-refractivity contribution in [1.82, 2.24) is 9.97 Å². The van der Waals surface area contributed by atoms with E-state index >= 15 is 0 Å². The van der Waals surface area contributed by atoms with E-state index in [1.807, 2.05) is 53.9 Å². The van der Waals surface area contributed by atoms with Gasteiger partial charge in [0, 0.05) is 21.5 Å². The van der Waals surface area contributed by atoms with E-state index in [1.54, 1.807) is 6.07 Å². The van der Waals surface area contributed by atoms with Crippen LogP contribution < -0.4 is 16.2 Å². The predicted octanol–water partition coefficient (Wildman–Crippen LogP) is 6.72. The van der Waals surface area contributed by atoms with Crippen molar-refractivity contribution >= 4 is 51.3 Å². The van der Waals surface area contributed by atoms with Crippen LogP contribution in [0.15, 0.2) is 83.1 Å². The fourth-order valence-electron chi connectivity index (χ4n) is 3.69. The fraction of sp³-hybridized carbons (Fsp3) is 0.0769. The molecule has 0 radical (unpaired) electrons. The first-order chi connectivity index (χ1) is 17.1. The second kappa shape index (κ2) is 10.5. The van der Waals surface area contributed by atoms with Crippen LogP contribution in [-0.4, -0.2) is 15.1 Å². The summed E-state index contributed by atoms with van der Waals surface area (Å²) >= 11 is 4.18. The van der Waals surface area contributed by atoms with Crippen LogP contribution in [0.5, 0.6) is 5.75 Å². The molecular formula is C26H23N5OS3. The Kier molecular flexibility index (Phi) is 7.01. The molecule has 35 heavy (non-hydrogen) atoms. The SMILES string of the molecule is NSc1ccc(Nc2nc(N)c(-c3nc(-c4cc(O)cc(CCc5ccccc5)c4)cs3)s2)cc1. The second-order valence-electron chi connectivity index (χ2n) is 7.91. The van der Waals surface area contributed by atoms with Crippen LogP contribution >= 0.6 is 34.6 Å². The van der Waals surface area contributed by atoms with Gasteiger partial charge in [0.25, 0.3) is 0 Å². The van der Waals surface area contributed by atoms with Gasteiger partial charge in [-0.15, -0.1) is 11.3 Å². The van der Waals surface area contributed by atoms with Crippen LogP contribution in [-0.2, 0) is 12.8 Å². The van der Waals surface area contributed by atoms with Gasteiger partial charge in [0.05, 0.1) is 5.69 Å². The number of nitrogens with two attached hydrogens (primary N) is 2. The van der Waals surface area contributed by atoms with Gasteiger partial charge >= 0.3 is 0 Å². The zero-order chi connectivity index (χ0) is 24.2. The molecule has 0 saturated carbocycles. The highest BCUT2D eigenvalue weighted by Gasteiger charge is 2.16. The number of benzene rings is 3. The number of phenols is 1. The number of nitrogen functional groups attached to an aromatic ring is 1. The number of hydrogen-bond acceptors (Lipinski definition) is 9. The second-order valence-corrected chi connectivity index (χ2v) is 10.5. The van der Waals surface area contributed by atoms with Crippen molar-refractivity contribution in [2.24, 2.45) is 5.14 Å². The van der Waals surface area contributed by atoms with E-state index in [-0.39, 0.29) is 5.75 Å². The van der Waals surface area contributed by atoms with Crippen LogP contribution in [0.4, 0.5) is 16.6 Å². The summed E-state index contributed by atoms with van der Waals surface area (Å²) in [5.41, 5.74) is 11.2. The van der Waals surface area contributed by atoms with Crippen molar-refractivity contribution in [1.29, 1.82) is 0 Å². The molecule has 5 aromatic rings. The van der Waals surface area contributed by atoms with Crippen molar-refractivity contribution in [3.05, 3.63) is 89.3 Å². The van der Waals surface area contributed by atoms with Crippen LogP contribution in [0.2, 0.25) is 0 Å². The Morgan fingerprint density at radius 2 is 1.69 bits per heavy atom. The van der Waals surface area contributed by atoms with Gasteiger partial charge in [-0.2, -0.15) is 0 Å². The largest absolute Gasteiger partial charge is 0.508 e. The Labute approximate surface area is 215 Å². The first-order valence-corrected chi connectivity index (χ1v) is 13.5. The third-order valence-corrected chi connectivity index (χ3v) is 7.94. The zero-order valence-electron chi connectivity index (χ0n) is 18.6. The fourth-order valence-corrected chi connectivity index (χ4v) is 5.82. The van der Waals surface area contributed by atoms with E-state index in [4.69, 9.17) is 15.9 Å². The summed E-state index contributed by atoms with van der Waals surface area (Å²) in [6.45, 7) is 0. The summed E-state index contributed by atoms with van der Waals surface area (Å²) in [5, 5.41) is 22.7. The molecule has 0 bridgehead atoms. The van der Waals surface area contributed by atoms with E-state index in [0.29, 0.717) is 10.9 Å². The quantitative estimate of drug-likeness (QED) is 0.169. The molecule has 9 heteroatoms. The molecule has 176 valence electrons. The van der Waals surface area contributed by atoms with Gasteiger partial charge in [0.15, 0.2) is 5.13 Å². The number of hydrogen-bond donors (Lipinski definition) is 4. The molecule has 0 atom stereocenters. The van der Waals surface area contributed by atoms with E-state index in [2.05, 4.69) is 28.5 Å². The highest BCUT2D eigenvalue weighted by molar-refractivity contribution is 7.97. The van der Waals surface area contributed by atoms with Gasteiger partial charge in [-0.25, -0.2) is 9.97 Å². The molecule has 0 aliphatic rings. The van der Waals surface area contributed by atoms with Crippen LogP contribution in [0, 0.1) is 0 Å². The topological polar surface area (TPSA) is 110 Å². The van der Waals surface area contributed by atoms with E-state index in [9.17, 15) is 5.11 Å². The van der Waals surface area contributed by atoms with Gasteiger partial charge in [-0.05, 0) is 78.4 Å². The van der Waals surface area contributed by atoms with Crippen LogP contribution in [0.3, 0.4) is 0 Å². The van der Waals surface area contributed by atoms with E-state index in [1.165, 1.54) is 40.2 Å². The van der Waals surface area contributed by atoms with Gasteiger partial charge in [-0.3, -0.25) is 5.14 Å². The van der Waals surface area contributed by atoms with Gasteiger partial charge < -0.3 is 16.2 Å². The minimum atomic E-state index is 0.239. The number of phenolic OH excluding ortho intramolecular Hbond substituents is 1. The monoisotopic (exact) mass is 517 g/mol. The first-order valence-electron chi connectivity index (χ1n) is 10.9. The average molecular weight is 518 g/mol. The molecule has 0 saturated heterocycles. The molecule has 0 spiro atoms. The van der Waals surface area contributed by atoms with Gasteiger partial charge in [0.2, 0.25) is 0 Å². The van der Waals surface area contributed by atoms with Crippen molar-refractivity contribution in [3.8, 4) is 26.9 Å².